The number of hydrogen-bond acceptors (Lipinski definition) is 14. The van der Waals surface area contributed by atoms with Crippen LogP contribution >= 0.6 is 0 Å². The molecule has 0 bridgehead atoms. The summed E-state index contributed by atoms with van der Waals surface area (Å²) in [7, 11) is 0. The summed E-state index contributed by atoms with van der Waals surface area (Å²) in [6, 6.07) is -0.525. The van der Waals surface area contributed by atoms with Crippen LogP contribution < -0.4 is 37.2 Å². The van der Waals surface area contributed by atoms with Crippen LogP contribution in [-0.4, -0.2) is 159 Å². The molecule has 79 heavy (non-hydrogen) atoms. The number of nitrogens with one attached hydrogen (secondary N) is 10. The molecule has 0 spiro atoms. The summed E-state index contributed by atoms with van der Waals surface area (Å²) in [6.45, 7) is 16.0. The summed E-state index contributed by atoms with van der Waals surface area (Å²) >= 11 is 0. The van der Waals surface area contributed by atoms with E-state index in [4.69, 9.17) is 4.74 Å². The molecule has 1 unspecified atom stereocenters. The number of benzene rings is 1. The molecule has 1 aliphatic rings. The summed E-state index contributed by atoms with van der Waals surface area (Å²) < 4.78 is 5.46. The Labute approximate surface area is 460 Å². The number of alkyl carbamates (subject to hydrolysis) is 1. The first-order valence-corrected chi connectivity index (χ1v) is 26.9. The van der Waals surface area contributed by atoms with E-state index in [9.17, 15) is 48.6 Å². The highest BCUT2D eigenvalue weighted by Crippen LogP contribution is 2.21. The maximum Gasteiger partial charge on any atom is 0.408 e. The molecular formula is C54H80N14O11. The first kappa shape index (κ1) is 62.2. The van der Waals surface area contributed by atoms with Crippen LogP contribution in [0, 0.1) is 17.8 Å². The van der Waals surface area contributed by atoms with Crippen LogP contribution in [-0.2, 0) is 64.0 Å². The number of rotatable bonds is 29. The molecule has 1 fully saturated rings. The Balaban J connectivity index is 1.35. The van der Waals surface area contributed by atoms with E-state index in [-0.39, 0.29) is 51.0 Å². The van der Waals surface area contributed by atoms with Gasteiger partial charge in [-0.25, -0.2) is 24.5 Å². The van der Waals surface area contributed by atoms with Crippen molar-refractivity contribution in [2.45, 2.75) is 174 Å². The van der Waals surface area contributed by atoms with E-state index in [2.05, 4.69) is 67.1 Å². The fourth-order valence-electron chi connectivity index (χ4n) is 9.15. The van der Waals surface area contributed by atoms with Crippen LogP contribution in [0.4, 0.5) is 4.79 Å². The van der Waals surface area contributed by atoms with Crippen molar-refractivity contribution in [3.05, 3.63) is 90.5 Å². The number of hydrogen-bond donors (Lipinski definition) is 12. The molecule has 432 valence electrons. The second kappa shape index (κ2) is 29.3. The first-order valence-electron chi connectivity index (χ1n) is 26.9. The number of imidazole rings is 3. The van der Waals surface area contributed by atoms with Gasteiger partial charge in [0, 0.05) is 67.9 Å². The number of aromatic amines is 3. The molecule has 1 aromatic carbocycles. The van der Waals surface area contributed by atoms with Gasteiger partial charge >= 0.3 is 12.1 Å². The number of aliphatic hydroxyl groups excluding tert-OH is 1. The number of ether oxygens (including phenoxy) is 1. The van der Waals surface area contributed by atoms with Crippen LogP contribution in [0.2, 0.25) is 0 Å². The zero-order chi connectivity index (χ0) is 58.0. The first-order chi connectivity index (χ1) is 37.4. The Morgan fingerprint density at radius 3 is 1.73 bits per heavy atom. The van der Waals surface area contributed by atoms with Crippen molar-refractivity contribution in [2.75, 3.05) is 6.54 Å². The number of H-pyrrole nitrogens is 3. The zero-order valence-electron chi connectivity index (χ0n) is 46.5. The number of aromatic nitrogens is 6. The van der Waals surface area contributed by atoms with E-state index in [1.54, 1.807) is 71.9 Å². The highest BCUT2D eigenvalue weighted by atomic mass is 16.6. The van der Waals surface area contributed by atoms with E-state index in [0.29, 0.717) is 35.5 Å². The van der Waals surface area contributed by atoms with Gasteiger partial charge in [0.2, 0.25) is 35.4 Å². The Morgan fingerprint density at radius 2 is 1.22 bits per heavy atom. The van der Waals surface area contributed by atoms with Crippen molar-refractivity contribution in [3.63, 3.8) is 0 Å². The topological polar surface area (TPSA) is 360 Å². The third kappa shape index (κ3) is 19.3. The second-order valence-electron chi connectivity index (χ2n) is 21.9. The predicted octanol–water partition coefficient (Wildman–Crippen LogP) is 1.54. The van der Waals surface area contributed by atoms with Crippen molar-refractivity contribution < 1.29 is 53.3 Å². The molecular weight excluding hydrogens is 1020 g/mol. The monoisotopic (exact) mass is 1100 g/mol. The van der Waals surface area contributed by atoms with Crippen LogP contribution in [0.15, 0.2) is 67.9 Å². The molecule has 0 saturated carbocycles. The van der Waals surface area contributed by atoms with E-state index in [1.807, 2.05) is 20.8 Å². The fourth-order valence-corrected chi connectivity index (χ4v) is 9.15. The summed E-state index contributed by atoms with van der Waals surface area (Å²) in [5.41, 5.74) is 1.33. The lowest BCUT2D eigenvalue weighted by Gasteiger charge is -2.33. The number of carboxylic acids is 1. The number of nitrogens with zero attached hydrogens (tertiary/aromatic N) is 4. The van der Waals surface area contributed by atoms with Crippen LogP contribution in [0.5, 0.6) is 0 Å². The number of likely N-dealkylation sites (tertiary alicyclic amines) is 1. The fraction of sp³-hybridized carbons (Fsp3) is 0.574. The van der Waals surface area contributed by atoms with Gasteiger partial charge in [-0.2, -0.15) is 0 Å². The summed E-state index contributed by atoms with van der Waals surface area (Å²) in [5, 5.41) is 41.4. The summed E-state index contributed by atoms with van der Waals surface area (Å²) in [5.74, 6) is -6.30. The SMILES string of the molecule is CC[C@H](C)[C@H](NC(=O)[C@@H](NC(O)[C@H](CC(C)C)NC(=O)[C@H](Cc1cnc[nH]1)NC(=O)[C@H](Cc1ccccc1)NC(=O)[C@@H]1CCCN1C(=O)[C@H](Cc1cnc[nH]1)NC(=O)OC(C)(C)C)C(C)C)C(=O)N[C@@H](Cc1cnc[nH]1)C(=O)O. The van der Waals surface area contributed by atoms with Crippen molar-refractivity contribution >= 4 is 47.5 Å². The molecule has 4 aromatic rings. The largest absolute Gasteiger partial charge is 0.480 e. The standard InChI is InChI=1S/C54H80N14O11/c1-10-32(6)44(50(74)64-41(52(76)77)23-36-26-57-29-60-36)67-49(73)43(31(4)5)66-47(71)37(19-30(2)3)61-46(70)39(21-34-24-55-27-58-34)62-45(69)38(20-33-15-12-11-13-16-33)63-48(72)42-17-14-18-68(42)51(75)40(22-35-25-56-28-59-35)65-53(78)79-54(7,8)9/h11-13,15-16,24-32,37-44,47,66,71H,10,14,17-23H2,1-9H3,(H,55,58)(H,56,59)(H,57,60)(H,61,70)(H,62,69)(H,63,72)(H,64,74)(H,65,78)(H,67,73)(H,76,77)/t32-,37-,38-,39-,40-,41-,42-,43-,44-,47?/m0/s1. The third-order valence-electron chi connectivity index (χ3n) is 13.5. The molecule has 25 heteroatoms. The number of aliphatic hydroxyl groups is 1. The number of aliphatic carboxylic acids is 1. The van der Waals surface area contributed by atoms with E-state index < -0.39 is 120 Å². The van der Waals surface area contributed by atoms with Gasteiger partial charge < -0.3 is 66.7 Å². The van der Waals surface area contributed by atoms with Gasteiger partial charge in [-0.05, 0) is 63.4 Å². The lowest BCUT2D eigenvalue weighted by atomic mass is 9.95. The van der Waals surface area contributed by atoms with E-state index in [1.165, 1.54) is 42.5 Å². The van der Waals surface area contributed by atoms with Crippen molar-refractivity contribution in [1.29, 1.82) is 0 Å². The minimum atomic E-state index is -1.56. The molecule has 0 radical (unpaired) electrons. The van der Waals surface area contributed by atoms with Gasteiger partial charge in [0.25, 0.3) is 0 Å². The molecule has 0 aliphatic carbocycles. The average Bonchev–Trinajstić information content (AvgIpc) is 4.28. The molecule has 3 aromatic heterocycles. The van der Waals surface area contributed by atoms with Gasteiger partial charge in [0.15, 0.2) is 0 Å². The molecule has 12 N–H and O–H groups in total. The summed E-state index contributed by atoms with van der Waals surface area (Å²) in [4.78, 5) is 133. The molecule has 1 saturated heterocycles. The Kier molecular flexibility index (Phi) is 23.1. The minimum absolute atomic E-state index is 0.0116. The Morgan fingerprint density at radius 1 is 0.684 bits per heavy atom. The molecule has 1 aliphatic heterocycles. The van der Waals surface area contributed by atoms with Crippen molar-refractivity contribution in [2.24, 2.45) is 17.8 Å². The number of amides is 7. The zero-order valence-corrected chi connectivity index (χ0v) is 46.5. The van der Waals surface area contributed by atoms with Crippen LogP contribution in [0.25, 0.3) is 0 Å². The lowest BCUT2D eigenvalue weighted by Crippen LogP contribution is -2.63. The number of carboxylic acid groups (broad SMARTS) is 1. The third-order valence-corrected chi connectivity index (χ3v) is 13.5. The Hall–Kier alpha value is -7.67. The highest BCUT2D eigenvalue weighted by molar-refractivity contribution is 5.96. The van der Waals surface area contributed by atoms with Gasteiger partial charge in [-0.3, -0.25) is 34.1 Å². The van der Waals surface area contributed by atoms with Gasteiger partial charge in [-0.15, -0.1) is 0 Å². The molecule has 5 rings (SSSR count). The predicted molar refractivity (Wildman–Crippen MR) is 289 cm³/mol. The smallest absolute Gasteiger partial charge is 0.408 e. The van der Waals surface area contributed by atoms with Gasteiger partial charge in [-0.1, -0.05) is 78.3 Å². The quantitative estimate of drug-likeness (QED) is 0.0343. The van der Waals surface area contributed by atoms with E-state index >= 15 is 0 Å². The molecule has 4 heterocycles. The van der Waals surface area contributed by atoms with Crippen molar-refractivity contribution in [3.8, 4) is 0 Å². The van der Waals surface area contributed by atoms with Crippen molar-refractivity contribution in [1.82, 2.24) is 72.0 Å². The average molecular weight is 1100 g/mol. The van der Waals surface area contributed by atoms with Gasteiger partial charge in [0.1, 0.15) is 48.1 Å². The maximum atomic E-state index is 14.7. The minimum Gasteiger partial charge on any atom is -0.480 e. The van der Waals surface area contributed by atoms with Gasteiger partial charge in [0.05, 0.1) is 31.1 Å². The van der Waals surface area contributed by atoms with Crippen LogP contribution in [0.3, 0.4) is 0 Å². The number of carbonyl (C=O) groups is 8. The normalized spacial score (nSPS) is 17.0. The Bertz CT molecular complexity index is 2590. The van der Waals surface area contributed by atoms with E-state index in [0.717, 1.165) is 0 Å². The number of carbonyl (C=O) groups excluding carboxylic acids is 7. The molecule has 25 nitrogen and oxygen atoms in total. The maximum absolute atomic E-state index is 14.7. The lowest BCUT2D eigenvalue weighted by molar-refractivity contribution is -0.142. The second-order valence-corrected chi connectivity index (χ2v) is 21.9. The molecule has 10 atom stereocenters. The summed E-state index contributed by atoms with van der Waals surface area (Å²) in [6.07, 6.45) is 7.50. The molecule has 7 amide bonds. The highest BCUT2D eigenvalue weighted by Gasteiger charge is 2.41. The van der Waals surface area contributed by atoms with Crippen LogP contribution in [0.1, 0.15) is 111 Å².